The highest BCUT2D eigenvalue weighted by atomic mass is 32.2. The Bertz CT molecular complexity index is 896. The predicted molar refractivity (Wildman–Crippen MR) is 81.8 cm³/mol. The molecule has 9 heteroatoms. The Morgan fingerprint density at radius 1 is 1.36 bits per heavy atom. The molecule has 0 aliphatic rings. The molecule has 0 aromatic carbocycles. The maximum Gasteiger partial charge on any atom is 0.264 e. The van der Waals surface area contributed by atoms with Crippen molar-refractivity contribution in [1.29, 1.82) is 0 Å². The van der Waals surface area contributed by atoms with Crippen molar-refractivity contribution < 1.29 is 8.42 Å². The Morgan fingerprint density at radius 3 is 2.95 bits per heavy atom. The molecular weight excluding hydrogens is 304 g/mol. The van der Waals surface area contributed by atoms with E-state index < -0.39 is 10.0 Å². The van der Waals surface area contributed by atoms with Gasteiger partial charge in [0.2, 0.25) is 0 Å². The quantitative estimate of drug-likeness (QED) is 0.743. The molecule has 0 saturated heterocycles. The average Bonchev–Trinajstić information content (AvgIpc) is 3.04. The highest BCUT2D eigenvalue weighted by molar-refractivity contribution is 7.93. The van der Waals surface area contributed by atoms with Crippen molar-refractivity contribution in [3.05, 3.63) is 31.1 Å². The molecule has 116 valence electrons. The molecule has 0 unspecified atom stereocenters. The summed E-state index contributed by atoms with van der Waals surface area (Å²) >= 11 is 0. The lowest BCUT2D eigenvalue weighted by molar-refractivity contribution is 0.483. The van der Waals surface area contributed by atoms with Gasteiger partial charge in [-0.05, 0) is 5.92 Å². The summed E-state index contributed by atoms with van der Waals surface area (Å²) in [5.41, 5.74) is 0.901. The zero-order chi connectivity index (χ0) is 15.7. The fraction of sp³-hybridized carbons (Fsp3) is 0.308. The second-order valence-electron chi connectivity index (χ2n) is 5.39. The van der Waals surface area contributed by atoms with Crippen molar-refractivity contribution in [1.82, 2.24) is 24.7 Å². The molecule has 0 aliphatic carbocycles. The van der Waals surface area contributed by atoms with Crippen LogP contribution in [0.2, 0.25) is 0 Å². The number of nitrogens with zero attached hydrogens (tertiary/aromatic N) is 4. The van der Waals surface area contributed by atoms with Gasteiger partial charge in [-0.25, -0.2) is 18.4 Å². The molecule has 8 nitrogen and oxygen atoms in total. The summed E-state index contributed by atoms with van der Waals surface area (Å²) in [6, 6.07) is 0. The monoisotopic (exact) mass is 320 g/mol. The minimum Gasteiger partial charge on any atom is -0.345 e. The lowest BCUT2D eigenvalue weighted by Gasteiger charge is -2.05. The minimum absolute atomic E-state index is 0.111. The molecular formula is C13H16N6O2S. The van der Waals surface area contributed by atoms with Gasteiger partial charge in [-0.15, -0.1) is 0 Å². The first-order chi connectivity index (χ1) is 10.5. The summed E-state index contributed by atoms with van der Waals surface area (Å²) in [5, 5.41) is 4.59. The van der Waals surface area contributed by atoms with E-state index in [0.29, 0.717) is 22.6 Å². The Kier molecular flexibility index (Phi) is 3.57. The summed E-state index contributed by atoms with van der Waals surface area (Å²) in [4.78, 5) is 10.8. The summed E-state index contributed by atoms with van der Waals surface area (Å²) < 4.78 is 29.2. The number of hydrogen-bond donors (Lipinski definition) is 2. The Balaban J connectivity index is 1.89. The van der Waals surface area contributed by atoms with E-state index in [1.54, 1.807) is 10.9 Å². The van der Waals surface area contributed by atoms with Crippen molar-refractivity contribution in [3.63, 3.8) is 0 Å². The van der Waals surface area contributed by atoms with Gasteiger partial charge in [-0.3, -0.25) is 9.40 Å². The lowest BCUT2D eigenvalue weighted by Crippen LogP contribution is -2.12. The molecule has 2 N–H and O–H groups in total. The molecule has 0 spiro atoms. The number of H-pyrrole nitrogens is 1. The normalized spacial score (nSPS) is 12.1. The van der Waals surface area contributed by atoms with E-state index in [9.17, 15) is 8.42 Å². The fourth-order valence-electron chi connectivity index (χ4n) is 2.16. The Hall–Kier alpha value is -2.42. The zero-order valence-electron chi connectivity index (χ0n) is 12.2. The van der Waals surface area contributed by atoms with Crippen LogP contribution in [0.25, 0.3) is 11.0 Å². The van der Waals surface area contributed by atoms with Crippen LogP contribution in [0, 0.1) is 5.92 Å². The molecule has 22 heavy (non-hydrogen) atoms. The van der Waals surface area contributed by atoms with Crippen LogP contribution in [0.15, 0.2) is 36.0 Å². The van der Waals surface area contributed by atoms with Crippen molar-refractivity contribution in [3.8, 4) is 0 Å². The first-order valence-corrected chi connectivity index (χ1v) is 8.26. The van der Waals surface area contributed by atoms with E-state index >= 15 is 0 Å². The molecule has 0 fully saturated rings. The van der Waals surface area contributed by atoms with Crippen LogP contribution in [0.5, 0.6) is 0 Å². The Labute approximate surface area is 127 Å². The molecule has 0 aliphatic heterocycles. The number of anilines is 1. The highest BCUT2D eigenvalue weighted by Gasteiger charge is 2.20. The van der Waals surface area contributed by atoms with E-state index in [4.69, 9.17) is 0 Å². The van der Waals surface area contributed by atoms with Crippen molar-refractivity contribution >= 4 is 26.7 Å². The molecule has 3 aromatic heterocycles. The molecule has 0 amide bonds. The van der Waals surface area contributed by atoms with Crippen LogP contribution >= 0.6 is 0 Å². The molecule has 0 saturated carbocycles. The van der Waals surface area contributed by atoms with E-state index in [2.05, 4.69) is 38.6 Å². The van der Waals surface area contributed by atoms with Crippen molar-refractivity contribution in [2.75, 3.05) is 4.72 Å². The molecule has 3 rings (SSSR count). The first-order valence-electron chi connectivity index (χ1n) is 6.78. The maximum atomic E-state index is 12.5. The van der Waals surface area contributed by atoms with Crippen LogP contribution in [0.1, 0.15) is 13.8 Å². The topological polar surface area (TPSA) is 106 Å². The highest BCUT2D eigenvalue weighted by Crippen LogP contribution is 2.22. The Morgan fingerprint density at radius 2 is 2.18 bits per heavy atom. The van der Waals surface area contributed by atoms with Gasteiger partial charge in [0, 0.05) is 25.1 Å². The SMILES string of the molecule is CC(C)Cn1cc(NS(=O)(=O)c2c[nH]c3ncncc23)cn1. The number of rotatable bonds is 5. The van der Waals surface area contributed by atoms with Crippen LogP contribution < -0.4 is 4.72 Å². The molecule has 0 radical (unpaired) electrons. The number of aromatic amines is 1. The molecule has 0 bridgehead atoms. The number of sulfonamides is 1. The third kappa shape index (κ3) is 2.80. The fourth-order valence-corrected chi connectivity index (χ4v) is 3.34. The number of aromatic nitrogens is 5. The molecule has 3 aromatic rings. The summed E-state index contributed by atoms with van der Waals surface area (Å²) in [5.74, 6) is 0.426. The van der Waals surface area contributed by atoms with Gasteiger partial charge in [0.05, 0.1) is 17.3 Å². The van der Waals surface area contributed by atoms with Crippen LogP contribution in [0.3, 0.4) is 0 Å². The van der Waals surface area contributed by atoms with Crippen LogP contribution in [0.4, 0.5) is 5.69 Å². The second kappa shape index (κ2) is 5.41. The van der Waals surface area contributed by atoms with Gasteiger partial charge in [0.25, 0.3) is 10.0 Å². The molecule has 0 atom stereocenters. The predicted octanol–water partition coefficient (Wildman–Crippen LogP) is 1.61. The summed E-state index contributed by atoms with van der Waals surface area (Å²) in [6.45, 7) is 4.86. The maximum absolute atomic E-state index is 12.5. The standard InChI is InChI=1S/C13H16N6O2S/c1-9(2)6-19-7-10(3-17-19)18-22(20,21)12-5-15-13-11(12)4-14-8-16-13/h3-5,7-9,18H,6H2,1-2H3,(H,14,15,16). The summed E-state index contributed by atoms with van der Waals surface area (Å²) in [7, 11) is -3.73. The first kappa shape index (κ1) is 14.5. The minimum atomic E-state index is -3.73. The van der Waals surface area contributed by atoms with Gasteiger partial charge in [-0.2, -0.15) is 5.10 Å². The van der Waals surface area contributed by atoms with Crippen LogP contribution in [-0.4, -0.2) is 33.2 Å². The third-order valence-electron chi connectivity index (χ3n) is 3.04. The zero-order valence-corrected chi connectivity index (χ0v) is 13.0. The van der Waals surface area contributed by atoms with Gasteiger partial charge in [0.15, 0.2) is 0 Å². The largest absolute Gasteiger partial charge is 0.345 e. The number of nitrogens with one attached hydrogen (secondary N) is 2. The third-order valence-corrected chi connectivity index (χ3v) is 4.47. The smallest absolute Gasteiger partial charge is 0.264 e. The van der Waals surface area contributed by atoms with Gasteiger partial charge in [-0.1, -0.05) is 13.8 Å². The molecule has 3 heterocycles. The second-order valence-corrected chi connectivity index (χ2v) is 7.04. The number of fused-ring (bicyclic) bond motifs is 1. The van der Waals surface area contributed by atoms with E-state index in [0.717, 1.165) is 6.54 Å². The van der Waals surface area contributed by atoms with Gasteiger partial charge in [0.1, 0.15) is 16.9 Å². The van der Waals surface area contributed by atoms with E-state index in [-0.39, 0.29) is 4.90 Å². The van der Waals surface area contributed by atoms with Crippen molar-refractivity contribution in [2.45, 2.75) is 25.3 Å². The van der Waals surface area contributed by atoms with Gasteiger partial charge < -0.3 is 4.98 Å². The summed E-state index contributed by atoms with van der Waals surface area (Å²) in [6.07, 6.45) is 7.39. The van der Waals surface area contributed by atoms with Crippen LogP contribution in [-0.2, 0) is 16.6 Å². The lowest BCUT2D eigenvalue weighted by atomic mass is 10.2. The number of hydrogen-bond acceptors (Lipinski definition) is 5. The average molecular weight is 320 g/mol. The van der Waals surface area contributed by atoms with E-state index in [1.165, 1.54) is 24.9 Å². The van der Waals surface area contributed by atoms with E-state index in [1.807, 2.05) is 0 Å². The van der Waals surface area contributed by atoms with Gasteiger partial charge >= 0.3 is 0 Å². The van der Waals surface area contributed by atoms with Crippen molar-refractivity contribution in [2.24, 2.45) is 5.92 Å².